The third-order valence-corrected chi connectivity index (χ3v) is 8.14. The van der Waals surface area contributed by atoms with Crippen molar-refractivity contribution in [3.05, 3.63) is 86.9 Å². The van der Waals surface area contributed by atoms with Gasteiger partial charge >= 0.3 is 0 Å². The molecule has 1 aliphatic heterocycles. The summed E-state index contributed by atoms with van der Waals surface area (Å²) < 4.78 is 5.77. The number of carbonyl (C=O) groups excluding carboxylic acids is 1. The van der Waals surface area contributed by atoms with Crippen molar-refractivity contribution in [3.8, 4) is 22.6 Å². The Morgan fingerprint density at radius 1 is 1.08 bits per heavy atom. The van der Waals surface area contributed by atoms with E-state index in [1.165, 1.54) is 11.8 Å². The molecule has 2 aromatic carbocycles. The van der Waals surface area contributed by atoms with Crippen LogP contribution in [0.2, 0.25) is 0 Å². The van der Waals surface area contributed by atoms with Gasteiger partial charge in [-0.2, -0.15) is 0 Å². The average molecular weight is 531 g/mol. The van der Waals surface area contributed by atoms with Crippen LogP contribution in [0.25, 0.3) is 22.6 Å². The van der Waals surface area contributed by atoms with Gasteiger partial charge in [-0.15, -0.1) is 11.3 Å². The standard InChI is InChI=1S/C29H30N4O4S/c1-3-31(4-2)22-11-9-20(10-12-22)24-19-38-28(30-24)21-15-17-32(18-16-21)29(34)27-14-13-26(37-27)23-7-5-6-8-25(23)33(35)36/h5-14,19,21H,3-4,15-18H2,1-2H3. The number of hydrogen-bond acceptors (Lipinski definition) is 7. The molecule has 0 unspecified atom stereocenters. The maximum Gasteiger partial charge on any atom is 0.289 e. The van der Waals surface area contributed by atoms with Gasteiger partial charge in [0.25, 0.3) is 11.6 Å². The number of para-hydroxylation sites is 1. The Morgan fingerprint density at radius 2 is 1.79 bits per heavy atom. The number of carbonyl (C=O) groups is 1. The lowest BCUT2D eigenvalue weighted by atomic mass is 9.97. The molecular weight excluding hydrogens is 500 g/mol. The van der Waals surface area contributed by atoms with E-state index < -0.39 is 4.92 Å². The summed E-state index contributed by atoms with van der Waals surface area (Å²) in [4.78, 5) is 33.0. The molecule has 1 amide bonds. The Bertz CT molecular complexity index is 1420. The second-order valence-electron chi connectivity index (χ2n) is 9.29. The third-order valence-electron chi connectivity index (χ3n) is 7.13. The molecule has 0 atom stereocenters. The largest absolute Gasteiger partial charge is 0.451 e. The van der Waals surface area contributed by atoms with E-state index in [4.69, 9.17) is 9.40 Å². The minimum absolute atomic E-state index is 0.0516. The van der Waals surface area contributed by atoms with E-state index in [9.17, 15) is 14.9 Å². The highest BCUT2D eigenvalue weighted by atomic mass is 32.1. The van der Waals surface area contributed by atoms with Gasteiger partial charge in [0, 0.05) is 54.8 Å². The van der Waals surface area contributed by atoms with E-state index in [2.05, 4.69) is 48.4 Å². The lowest BCUT2D eigenvalue weighted by Crippen LogP contribution is -2.37. The van der Waals surface area contributed by atoms with E-state index in [0.717, 1.165) is 42.2 Å². The highest BCUT2D eigenvalue weighted by Crippen LogP contribution is 2.35. The summed E-state index contributed by atoms with van der Waals surface area (Å²) in [7, 11) is 0. The first-order valence-corrected chi connectivity index (χ1v) is 13.8. The molecule has 9 heteroatoms. The van der Waals surface area contributed by atoms with Crippen LogP contribution in [0.5, 0.6) is 0 Å². The lowest BCUT2D eigenvalue weighted by Gasteiger charge is -2.30. The summed E-state index contributed by atoms with van der Waals surface area (Å²) in [6.07, 6.45) is 1.66. The van der Waals surface area contributed by atoms with Crippen molar-refractivity contribution in [2.75, 3.05) is 31.1 Å². The SMILES string of the molecule is CCN(CC)c1ccc(-c2csc(C3CCN(C(=O)c4ccc(-c5ccccc5[N+](=O)[O-])o4)CC3)n2)cc1. The number of anilines is 1. The number of thiazole rings is 1. The molecule has 4 aromatic rings. The van der Waals surface area contributed by atoms with Crippen LogP contribution >= 0.6 is 11.3 Å². The predicted octanol–water partition coefficient (Wildman–Crippen LogP) is 6.84. The van der Waals surface area contributed by atoms with Crippen molar-refractivity contribution in [3.63, 3.8) is 0 Å². The Balaban J connectivity index is 1.21. The smallest absolute Gasteiger partial charge is 0.289 e. The lowest BCUT2D eigenvalue weighted by molar-refractivity contribution is -0.384. The molecule has 0 spiro atoms. The van der Waals surface area contributed by atoms with Gasteiger partial charge in [-0.25, -0.2) is 4.98 Å². The molecule has 5 rings (SSSR count). The summed E-state index contributed by atoms with van der Waals surface area (Å²) in [6.45, 7) is 7.50. The van der Waals surface area contributed by atoms with E-state index in [1.54, 1.807) is 46.6 Å². The molecule has 38 heavy (non-hydrogen) atoms. The number of rotatable bonds is 8. The van der Waals surface area contributed by atoms with Crippen molar-refractivity contribution in [1.29, 1.82) is 0 Å². The number of nitro groups is 1. The van der Waals surface area contributed by atoms with Gasteiger partial charge in [0.15, 0.2) is 5.76 Å². The quantitative estimate of drug-likeness (QED) is 0.183. The summed E-state index contributed by atoms with van der Waals surface area (Å²) in [5.41, 5.74) is 3.63. The fourth-order valence-electron chi connectivity index (χ4n) is 4.96. The van der Waals surface area contributed by atoms with Crippen molar-refractivity contribution in [2.24, 2.45) is 0 Å². The number of benzene rings is 2. The van der Waals surface area contributed by atoms with Crippen molar-refractivity contribution in [2.45, 2.75) is 32.6 Å². The van der Waals surface area contributed by atoms with E-state index in [0.29, 0.717) is 30.3 Å². The van der Waals surface area contributed by atoms with Gasteiger partial charge in [0.2, 0.25) is 0 Å². The Morgan fingerprint density at radius 3 is 2.47 bits per heavy atom. The summed E-state index contributed by atoms with van der Waals surface area (Å²) in [6, 6.07) is 18.2. The number of nitro benzene ring substituents is 1. The van der Waals surface area contributed by atoms with Gasteiger partial charge in [0.1, 0.15) is 5.76 Å². The molecule has 196 valence electrons. The Kier molecular flexibility index (Phi) is 7.55. The number of piperidine rings is 1. The molecule has 1 fully saturated rings. The minimum Gasteiger partial charge on any atom is -0.451 e. The molecule has 8 nitrogen and oxygen atoms in total. The molecule has 1 saturated heterocycles. The van der Waals surface area contributed by atoms with Crippen LogP contribution in [0.4, 0.5) is 11.4 Å². The molecule has 0 saturated carbocycles. The summed E-state index contributed by atoms with van der Waals surface area (Å²) in [5.74, 6) is 0.630. The van der Waals surface area contributed by atoms with E-state index in [1.807, 2.05) is 0 Å². The van der Waals surface area contributed by atoms with Crippen molar-refractivity contribution < 1.29 is 14.1 Å². The van der Waals surface area contributed by atoms with Crippen LogP contribution in [-0.4, -0.2) is 46.9 Å². The zero-order valence-corrected chi connectivity index (χ0v) is 22.3. The highest BCUT2D eigenvalue weighted by molar-refractivity contribution is 7.10. The second-order valence-corrected chi connectivity index (χ2v) is 10.2. The van der Waals surface area contributed by atoms with Gasteiger partial charge in [-0.05, 0) is 57.0 Å². The normalized spacial score (nSPS) is 14.0. The predicted molar refractivity (Wildman–Crippen MR) is 150 cm³/mol. The van der Waals surface area contributed by atoms with Crippen LogP contribution in [-0.2, 0) is 0 Å². The third kappa shape index (κ3) is 5.19. The molecule has 0 bridgehead atoms. The summed E-state index contributed by atoms with van der Waals surface area (Å²) in [5, 5.41) is 14.6. The first-order chi connectivity index (χ1) is 18.5. The van der Waals surface area contributed by atoms with Crippen LogP contribution in [0.1, 0.15) is 48.2 Å². The number of amides is 1. The Labute approximate surface area is 225 Å². The highest BCUT2D eigenvalue weighted by Gasteiger charge is 2.28. The maximum absolute atomic E-state index is 13.1. The number of furan rings is 1. The van der Waals surface area contributed by atoms with Gasteiger partial charge in [-0.3, -0.25) is 14.9 Å². The molecule has 3 heterocycles. The van der Waals surface area contributed by atoms with Crippen molar-refractivity contribution in [1.82, 2.24) is 9.88 Å². The molecular formula is C29H30N4O4S. The van der Waals surface area contributed by atoms with E-state index in [-0.39, 0.29) is 17.4 Å². The zero-order valence-electron chi connectivity index (χ0n) is 21.5. The maximum atomic E-state index is 13.1. The van der Waals surface area contributed by atoms with Gasteiger partial charge in [0.05, 0.1) is 21.2 Å². The van der Waals surface area contributed by atoms with Crippen molar-refractivity contribution >= 4 is 28.6 Å². The molecule has 0 radical (unpaired) electrons. The average Bonchev–Trinajstić information content (AvgIpc) is 3.65. The topological polar surface area (TPSA) is 92.7 Å². The van der Waals surface area contributed by atoms with Crippen LogP contribution in [0.3, 0.4) is 0 Å². The number of nitrogens with zero attached hydrogens (tertiary/aromatic N) is 4. The zero-order chi connectivity index (χ0) is 26.6. The van der Waals surface area contributed by atoms with E-state index >= 15 is 0 Å². The van der Waals surface area contributed by atoms with Crippen LogP contribution in [0.15, 0.2) is 70.5 Å². The summed E-state index contributed by atoms with van der Waals surface area (Å²) >= 11 is 1.68. The number of hydrogen-bond donors (Lipinski definition) is 0. The monoisotopic (exact) mass is 530 g/mol. The second kappa shape index (κ2) is 11.2. The molecule has 1 aliphatic rings. The number of likely N-dealkylation sites (tertiary alicyclic amines) is 1. The Hall–Kier alpha value is -3.98. The first kappa shape index (κ1) is 25.7. The van der Waals surface area contributed by atoms with Gasteiger partial charge in [-0.1, -0.05) is 24.3 Å². The van der Waals surface area contributed by atoms with Crippen LogP contribution in [0, 0.1) is 10.1 Å². The molecule has 0 N–H and O–H groups in total. The molecule has 2 aromatic heterocycles. The fourth-order valence-corrected chi connectivity index (χ4v) is 5.96. The molecule has 0 aliphatic carbocycles. The minimum atomic E-state index is -0.449. The first-order valence-electron chi connectivity index (χ1n) is 12.9. The fraction of sp³-hybridized carbons (Fsp3) is 0.310. The van der Waals surface area contributed by atoms with Crippen LogP contribution < -0.4 is 4.90 Å². The number of aromatic nitrogens is 1. The van der Waals surface area contributed by atoms with Gasteiger partial charge < -0.3 is 14.2 Å².